The predicted molar refractivity (Wildman–Crippen MR) is 108 cm³/mol. The average Bonchev–Trinajstić information content (AvgIpc) is 3.13. The van der Waals surface area contributed by atoms with Crippen molar-refractivity contribution in [2.75, 3.05) is 12.3 Å². The normalized spacial score (nSPS) is 10.5. The van der Waals surface area contributed by atoms with Crippen molar-refractivity contribution < 1.29 is 4.79 Å². The zero-order chi connectivity index (χ0) is 19.9. The summed E-state index contributed by atoms with van der Waals surface area (Å²) in [6, 6.07) is 11.3. The fourth-order valence-corrected chi connectivity index (χ4v) is 3.49. The lowest BCUT2D eigenvalue weighted by molar-refractivity contribution is -0.118. The molecule has 0 aliphatic heterocycles. The topological polar surface area (TPSA) is 96.5 Å². The van der Waals surface area contributed by atoms with Crippen LogP contribution in [-0.4, -0.2) is 38.0 Å². The van der Waals surface area contributed by atoms with Crippen LogP contribution in [0, 0.1) is 18.3 Å². The van der Waals surface area contributed by atoms with Gasteiger partial charge in [0, 0.05) is 29.5 Å². The van der Waals surface area contributed by atoms with Crippen molar-refractivity contribution in [2.24, 2.45) is 0 Å². The van der Waals surface area contributed by atoms with Crippen LogP contribution in [0.2, 0.25) is 5.02 Å². The Labute approximate surface area is 171 Å². The van der Waals surface area contributed by atoms with Crippen LogP contribution in [0.4, 0.5) is 0 Å². The maximum Gasteiger partial charge on any atom is 0.230 e. The van der Waals surface area contributed by atoms with Crippen molar-refractivity contribution >= 4 is 29.3 Å². The van der Waals surface area contributed by atoms with Gasteiger partial charge in [0.2, 0.25) is 5.91 Å². The molecule has 142 valence electrons. The molecule has 1 aromatic carbocycles. The molecule has 7 nitrogen and oxygen atoms in total. The molecule has 3 rings (SSSR count). The summed E-state index contributed by atoms with van der Waals surface area (Å²) in [5, 5.41) is 21.1. The highest BCUT2D eigenvalue weighted by Gasteiger charge is 2.19. The summed E-state index contributed by atoms with van der Waals surface area (Å²) in [7, 11) is 0. The van der Waals surface area contributed by atoms with E-state index in [-0.39, 0.29) is 18.1 Å². The standard InChI is InChI=1S/C19H17ClN6OS/c1-13-15(20)4-2-5-16(13)26-18(14-6-10-22-11-7-14)24-25-19(26)28-12-17(27)23-9-3-8-21/h2,4-7,10-11H,3,9,12H2,1H3,(H,23,27). The van der Waals surface area contributed by atoms with Crippen LogP contribution >= 0.6 is 23.4 Å². The maximum atomic E-state index is 12.0. The van der Waals surface area contributed by atoms with E-state index in [1.54, 1.807) is 12.4 Å². The highest BCUT2D eigenvalue weighted by Crippen LogP contribution is 2.31. The van der Waals surface area contributed by atoms with Crippen LogP contribution < -0.4 is 5.32 Å². The number of nitrogens with zero attached hydrogens (tertiary/aromatic N) is 5. The van der Waals surface area contributed by atoms with Crippen molar-refractivity contribution in [3.05, 3.63) is 53.3 Å². The molecule has 0 unspecified atom stereocenters. The third-order valence-corrected chi connectivity index (χ3v) is 5.28. The van der Waals surface area contributed by atoms with E-state index in [0.29, 0.717) is 22.5 Å². The Kier molecular flexibility index (Phi) is 6.63. The second kappa shape index (κ2) is 9.35. The summed E-state index contributed by atoms with van der Waals surface area (Å²) in [4.78, 5) is 16.1. The molecule has 0 bridgehead atoms. The van der Waals surface area contributed by atoms with Crippen molar-refractivity contribution in [3.63, 3.8) is 0 Å². The van der Waals surface area contributed by atoms with Crippen LogP contribution in [-0.2, 0) is 4.79 Å². The van der Waals surface area contributed by atoms with Gasteiger partial charge in [-0.05, 0) is 36.8 Å². The fourth-order valence-electron chi connectivity index (χ4n) is 2.55. The first-order chi connectivity index (χ1) is 13.6. The van der Waals surface area contributed by atoms with Crippen LogP contribution in [0.25, 0.3) is 17.1 Å². The third-order valence-electron chi connectivity index (χ3n) is 3.94. The van der Waals surface area contributed by atoms with Gasteiger partial charge in [0.05, 0.1) is 23.9 Å². The van der Waals surface area contributed by atoms with Gasteiger partial charge in [-0.1, -0.05) is 29.4 Å². The van der Waals surface area contributed by atoms with Gasteiger partial charge in [-0.3, -0.25) is 14.3 Å². The van der Waals surface area contributed by atoms with Gasteiger partial charge in [-0.2, -0.15) is 5.26 Å². The zero-order valence-electron chi connectivity index (χ0n) is 15.1. The van der Waals surface area contributed by atoms with Crippen molar-refractivity contribution in [3.8, 4) is 23.1 Å². The molecule has 0 aliphatic carbocycles. The largest absolute Gasteiger partial charge is 0.354 e. The Bertz CT molecular complexity index is 1020. The number of amides is 1. The Morgan fingerprint density at radius 3 is 2.82 bits per heavy atom. The quantitative estimate of drug-likeness (QED) is 0.471. The molecule has 0 spiro atoms. The van der Waals surface area contributed by atoms with E-state index in [2.05, 4.69) is 20.5 Å². The summed E-state index contributed by atoms with van der Waals surface area (Å²) in [5.41, 5.74) is 2.59. The summed E-state index contributed by atoms with van der Waals surface area (Å²) in [6.45, 7) is 2.26. The molecule has 0 atom stereocenters. The fraction of sp³-hybridized carbons (Fsp3) is 0.211. The Balaban J connectivity index is 1.95. The molecule has 28 heavy (non-hydrogen) atoms. The van der Waals surface area contributed by atoms with E-state index in [9.17, 15) is 4.79 Å². The Morgan fingerprint density at radius 1 is 1.29 bits per heavy atom. The van der Waals surface area contributed by atoms with Gasteiger partial charge in [-0.25, -0.2) is 0 Å². The maximum absolute atomic E-state index is 12.0. The molecule has 2 heterocycles. The van der Waals surface area contributed by atoms with Crippen LogP contribution in [0.3, 0.4) is 0 Å². The molecule has 1 amide bonds. The first-order valence-corrected chi connectivity index (χ1v) is 9.86. The number of hydrogen-bond donors (Lipinski definition) is 1. The highest BCUT2D eigenvalue weighted by atomic mass is 35.5. The van der Waals surface area contributed by atoms with Gasteiger partial charge >= 0.3 is 0 Å². The number of nitrogens with one attached hydrogen (secondary N) is 1. The van der Waals surface area contributed by atoms with Gasteiger partial charge in [-0.15, -0.1) is 10.2 Å². The molecule has 0 saturated heterocycles. The molecular formula is C19H17ClN6OS. The minimum atomic E-state index is -0.164. The van der Waals surface area contributed by atoms with E-state index < -0.39 is 0 Å². The lowest BCUT2D eigenvalue weighted by Gasteiger charge is -2.13. The average molecular weight is 413 g/mol. The monoisotopic (exact) mass is 412 g/mol. The number of halogens is 1. The lowest BCUT2D eigenvalue weighted by atomic mass is 10.2. The van der Waals surface area contributed by atoms with Crippen LogP contribution in [0.5, 0.6) is 0 Å². The summed E-state index contributed by atoms with van der Waals surface area (Å²) in [6.07, 6.45) is 3.66. The van der Waals surface area contributed by atoms with Gasteiger partial charge in [0.15, 0.2) is 11.0 Å². The number of hydrogen-bond acceptors (Lipinski definition) is 6. The van der Waals surface area contributed by atoms with Crippen molar-refractivity contribution in [1.82, 2.24) is 25.1 Å². The Hall–Kier alpha value is -2.89. The van der Waals surface area contributed by atoms with Gasteiger partial charge < -0.3 is 5.32 Å². The number of carbonyl (C=O) groups is 1. The number of aromatic nitrogens is 4. The third kappa shape index (κ3) is 4.50. The summed E-state index contributed by atoms with van der Waals surface area (Å²) < 4.78 is 1.89. The minimum absolute atomic E-state index is 0.164. The number of rotatable bonds is 7. The molecule has 0 radical (unpaired) electrons. The second-order valence-corrected chi connectivity index (χ2v) is 7.16. The van der Waals surface area contributed by atoms with Crippen LogP contribution in [0.15, 0.2) is 47.9 Å². The van der Waals surface area contributed by atoms with Gasteiger partial charge in [0.1, 0.15) is 0 Å². The molecule has 0 saturated carbocycles. The molecule has 2 aromatic heterocycles. The summed E-state index contributed by atoms with van der Waals surface area (Å²) >= 11 is 7.59. The molecule has 0 aliphatic rings. The molecular weight excluding hydrogens is 396 g/mol. The number of thioether (sulfide) groups is 1. The van der Waals surface area contributed by atoms with E-state index in [1.807, 2.05) is 47.9 Å². The smallest absolute Gasteiger partial charge is 0.230 e. The predicted octanol–water partition coefficient (Wildman–Crippen LogP) is 3.41. The summed E-state index contributed by atoms with van der Waals surface area (Å²) in [5.74, 6) is 0.641. The van der Waals surface area contributed by atoms with E-state index in [0.717, 1.165) is 16.8 Å². The van der Waals surface area contributed by atoms with Crippen molar-refractivity contribution in [1.29, 1.82) is 5.26 Å². The lowest BCUT2D eigenvalue weighted by Crippen LogP contribution is -2.26. The van der Waals surface area contributed by atoms with E-state index in [1.165, 1.54) is 11.8 Å². The minimum Gasteiger partial charge on any atom is -0.354 e. The molecule has 3 aromatic rings. The number of carbonyl (C=O) groups excluding carboxylic acids is 1. The highest BCUT2D eigenvalue weighted by molar-refractivity contribution is 7.99. The van der Waals surface area contributed by atoms with Crippen molar-refractivity contribution in [2.45, 2.75) is 18.5 Å². The molecule has 0 fully saturated rings. The van der Waals surface area contributed by atoms with E-state index in [4.69, 9.17) is 16.9 Å². The second-order valence-electron chi connectivity index (χ2n) is 5.81. The molecule has 1 N–H and O–H groups in total. The molecule has 9 heteroatoms. The van der Waals surface area contributed by atoms with Gasteiger partial charge in [0.25, 0.3) is 0 Å². The van der Waals surface area contributed by atoms with E-state index >= 15 is 0 Å². The first kappa shape index (κ1) is 19.9. The number of pyridine rings is 1. The Morgan fingerprint density at radius 2 is 2.07 bits per heavy atom. The number of nitriles is 1. The SMILES string of the molecule is Cc1c(Cl)cccc1-n1c(SCC(=O)NCCC#N)nnc1-c1ccncc1. The number of benzene rings is 1. The first-order valence-electron chi connectivity index (χ1n) is 8.49. The zero-order valence-corrected chi connectivity index (χ0v) is 16.7. The van der Waals surface area contributed by atoms with Crippen LogP contribution in [0.1, 0.15) is 12.0 Å².